The van der Waals surface area contributed by atoms with Crippen LogP contribution in [0.2, 0.25) is 0 Å². The number of likely N-dealkylation sites (N-methyl/N-ethyl adjacent to an activating group) is 1. The summed E-state index contributed by atoms with van der Waals surface area (Å²) in [5.74, 6) is 0. The van der Waals surface area contributed by atoms with E-state index in [9.17, 15) is 5.26 Å². The number of hydrogen-bond donors (Lipinski definition) is 1. The number of nitriles is 1. The zero-order valence-electron chi connectivity index (χ0n) is 11.2. The Bertz CT molecular complexity index is 426. The summed E-state index contributed by atoms with van der Waals surface area (Å²) in [6.45, 7) is 5.48. The number of methoxy groups -OCH3 is 1. The van der Waals surface area contributed by atoms with Crippen LogP contribution in [0.15, 0.2) is 18.2 Å². The SMILES string of the molecule is CCN(c1ccc(CO)cc1C#N)C(C)COC. The Hall–Kier alpha value is -1.57. The highest BCUT2D eigenvalue weighted by atomic mass is 16.5. The van der Waals surface area contributed by atoms with Gasteiger partial charge >= 0.3 is 0 Å². The van der Waals surface area contributed by atoms with Gasteiger partial charge in [0.15, 0.2) is 0 Å². The summed E-state index contributed by atoms with van der Waals surface area (Å²) in [7, 11) is 1.67. The third-order valence-electron chi connectivity index (χ3n) is 2.95. The van der Waals surface area contributed by atoms with E-state index in [4.69, 9.17) is 9.84 Å². The molecule has 1 N–H and O–H groups in total. The Morgan fingerprint density at radius 3 is 2.72 bits per heavy atom. The van der Waals surface area contributed by atoms with E-state index in [1.54, 1.807) is 13.2 Å². The van der Waals surface area contributed by atoms with Gasteiger partial charge in [0.25, 0.3) is 0 Å². The van der Waals surface area contributed by atoms with Crippen LogP contribution in [-0.4, -0.2) is 31.4 Å². The third-order valence-corrected chi connectivity index (χ3v) is 2.95. The second-order valence-corrected chi connectivity index (χ2v) is 4.21. The highest BCUT2D eigenvalue weighted by Crippen LogP contribution is 2.23. The van der Waals surface area contributed by atoms with E-state index in [1.165, 1.54) is 0 Å². The van der Waals surface area contributed by atoms with Gasteiger partial charge in [0.2, 0.25) is 0 Å². The van der Waals surface area contributed by atoms with Gasteiger partial charge in [0.05, 0.1) is 24.5 Å². The largest absolute Gasteiger partial charge is 0.392 e. The van der Waals surface area contributed by atoms with Crippen molar-refractivity contribution in [1.82, 2.24) is 0 Å². The molecule has 4 heteroatoms. The van der Waals surface area contributed by atoms with Gasteiger partial charge in [0, 0.05) is 19.7 Å². The third kappa shape index (κ3) is 3.22. The molecule has 0 fully saturated rings. The Labute approximate surface area is 108 Å². The first-order valence-electron chi connectivity index (χ1n) is 6.07. The van der Waals surface area contributed by atoms with Gasteiger partial charge in [-0.25, -0.2) is 0 Å². The predicted molar refractivity (Wildman–Crippen MR) is 71.4 cm³/mol. The van der Waals surface area contributed by atoms with Crippen LogP contribution in [0, 0.1) is 11.3 Å². The molecule has 18 heavy (non-hydrogen) atoms. The van der Waals surface area contributed by atoms with Crippen molar-refractivity contribution in [2.24, 2.45) is 0 Å². The Balaban J connectivity index is 3.09. The number of ether oxygens (including phenoxy) is 1. The molecule has 0 saturated heterocycles. The molecule has 98 valence electrons. The maximum Gasteiger partial charge on any atom is 0.101 e. The Kier molecular flexibility index (Phi) is 5.63. The van der Waals surface area contributed by atoms with E-state index in [0.717, 1.165) is 17.8 Å². The second kappa shape index (κ2) is 7.00. The van der Waals surface area contributed by atoms with Gasteiger partial charge in [-0.1, -0.05) is 6.07 Å². The fraction of sp³-hybridized carbons (Fsp3) is 0.500. The van der Waals surface area contributed by atoms with Crippen LogP contribution in [0.4, 0.5) is 5.69 Å². The molecule has 0 radical (unpaired) electrons. The molecule has 0 aliphatic carbocycles. The molecule has 0 heterocycles. The van der Waals surface area contributed by atoms with Gasteiger partial charge in [-0.2, -0.15) is 5.26 Å². The molecule has 0 amide bonds. The van der Waals surface area contributed by atoms with Crippen molar-refractivity contribution in [3.8, 4) is 6.07 Å². The molecule has 0 aromatic heterocycles. The Morgan fingerprint density at radius 1 is 1.50 bits per heavy atom. The summed E-state index contributed by atoms with van der Waals surface area (Å²) in [4.78, 5) is 2.13. The quantitative estimate of drug-likeness (QED) is 0.835. The molecule has 0 aliphatic heterocycles. The number of hydrogen-bond acceptors (Lipinski definition) is 4. The summed E-state index contributed by atoms with van der Waals surface area (Å²) in [6, 6.07) is 7.86. The fourth-order valence-electron chi connectivity index (χ4n) is 2.07. The van der Waals surface area contributed by atoms with Crippen LogP contribution in [0.5, 0.6) is 0 Å². The summed E-state index contributed by atoms with van der Waals surface area (Å²) in [5, 5.41) is 18.3. The van der Waals surface area contributed by atoms with Crippen molar-refractivity contribution in [3.05, 3.63) is 29.3 Å². The highest BCUT2D eigenvalue weighted by molar-refractivity contribution is 5.61. The molecule has 1 aromatic rings. The monoisotopic (exact) mass is 248 g/mol. The van der Waals surface area contributed by atoms with Crippen LogP contribution in [-0.2, 0) is 11.3 Å². The van der Waals surface area contributed by atoms with Crippen LogP contribution in [0.1, 0.15) is 25.0 Å². The van der Waals surface area contributed by atoms with Gasteiger partial charge in [-0.15, -0.1) is 0 Å². The summed E-state index contributed by atoms with van der Waals surface area (Å²) in [6.07, 6.45) is 0. The van der Waals surface area contributed by atoms with Crippen molar-refractivity contribution in [2.45, 2.75) is 26.5 Å². The lowest BCUT2D eigenvalue weighted by atomic mass is 10.1. The maximum atomic E-state index is 9.20. The molecule has 1 aromatic carbocycles. The predicted octanol–water partition coefficient (Wildman–Crippen LogP) is 1.91. The number of rotatable bonds is 6. The number of anilines is 1. The molecule has 0 spiro atoms. The normalized spacial score (nSPS) is 11.9. The average molecular weight is 248 g/mol. The average Bonchev–Trinajstić information content (AvgIpc) is 2.40. The van der Waals surface area contributed by atoms with Crippen LogP contribution in [0.3, 0.4) is 0 Å². The number of nitrogens with zero attached hydrogens (tertiary/aromatic N) is 2. The van der Waals surface area contributed by atoms with Crippen molar-refractivity contribution >= 4 is 5.69 Å². The van der Waals surface area contributed by atoms with Gasteiger partial charge in [-0.3, -0.25) is 0 Å². The van der Waals surface area contributed by atoms with Crippen LogP contribution < -0.4 is 4.90 Å². The van der Waals surface area contributed by atoms with E-state index >= 15 is 0 Å². The maximum absolute atomic E-state index is 9.20. The lowest BCUT2D eigenvalue weighted by Gasteiger charge is -2.30. The van der Waals surface area contributed by atoms with Crippen molar-refractivity contribution < 1.29 is 9.84 Å². The molecular weight excluding hydrogens is 228 g/mol. The highest BCUT2D eigenvalue weighted by Gasteiger charge is 2.16. The van der Waals surface area contributed by atoms with E-state index in [2.05, 4.69) is 17.9 Å². The molecule has 0 aliphatic rings. The standard InChI is InChI=1S/C14H20N2O2/c1-4-16(11(2)10-18-3)14-6-5-12(9-17)7-13(14)8-15/h5-7,11,17H,4,9-10H2,1-3H3. The summed E-state index contributed by atoms with van der Waals surface area (Å²) in [5.41, 5.74) is 2.24. The minimum atomic E-state index is -0.0469. The Morgan fingerprint density at radius 2 is 2.22 bits per heavy atom. The first-order valence-corrected chi connectivity index (χ1v) is 6.07. The van der Waals surface area contributed by atoms with E-state index < -0.39 is 0 Å². The number of aliphatic hydroxyl groups excluding tert-OH is 1. The molecular formula is C14H20N2O2. The summed E-state index contributed by atoms with van der Waals surface area (Å²) < 4.78 is 5.16. The topological polar surface area (TPSA) is 56.5 Å². The minimum Gasteiger partial charge on any atom is -0.392 e. The first kappa shape index (κ1) is 14.5. The van der Waals surface area contributed by atoms with Crippen molar-refractivity contribution in [3.63, 3.8) is 0 Å². The molecule has 4 nitrogen and oxygen atoms in total. The fourth-order valence-corrected chi connectivity index (χ4v) is 2.07. The lowest BCUT2D eigenvalue weighted by molar-refractivity contribution is 0.182. The minimum absolute atomic E-state index is 0.0469. The van der Waals surface area contributed by atoms with Crippen LogP contribution in [0.25, 0.3) is 0 Å². The summed E-state index contributed by atoms with van der Waals surface area (Å²) >= 11 is 0. The molecule has 1 atom stereocenters. The van der Waals surface area contributed by atoms with E-state index in [1.807, 2.05) is 19.1 Å². The van der Waals surface area contributed by atoms with E-state index in [0.29, 0.717) is 12.2 Å². The lowest BCUT2D eigenvalue weighted by Crippen LogP contribution is -2.36. The number of aliphatic hydroxyl groups is 1. The van der Waals surface area contributed by atoms with Crippen molar-refractivity contribution in [1.29, 1.82) is 5.26 Å². The number of benzene rings is 1. The zero-order chi connectivity index (χ0) is 13.5. The smallest absolute Gasteiger partial charge is 0.101 e. The second-order valence-electron chi connectivity index (χ2n) is 4.21. The molecule has 1 unspecified atom stereocenters. The van der Waals surface area contributed by atoms with Crippen molar-refractivity contribution in [2.75, 3.05) is 25.2 Å². The molecule has 0 saturated carbocycles. The zero-order valence-corrected chi connectivity index (χ0v) is 11.2. The van der Waals surface area contributed by atoms with Gasteiger partial charge in [-0.05, 0) is 31.5 Å². The molecule has 0 bridgehead atoms. The molecule has 1 rings (SSSR count). The van der Waals surface area contributed by atoms with Gasteiger partial charge in [0.1, 0.15) is 6.07 Å². The van der Waals surface area contributed by atoms with Gasteiger partial charge < -0.3 is 14.7 Å². The van der Waals surface area contributed by atoms with E-state index in [-0.39, 0.29) is 12.6 Å². The van der Waals surface area contributed by atoms with Crippen LogP contribution >= 0.6 is 0 Å². The first-order chi connectivity index (χ1) is 8.67.